The Kier molecular flexibility index (Phi) is 5.67. The molecule has 1 rings (SSSR count). The maximum absolute atomic E-state index is 12.0. The van der Waals surface area contributed by atoms with Crippen LogP contribution < -0.4 is 16.0 Å². The first kappa shape index (κ1) is 15.8. The van der Waals surface area contributed by atoms with Crippen LogP contribution in [-0.2, 0) is 10.0 Å². The first-order valence-electron chi connectivity index (χ1n) is 5.99. The van der Waals surface area contributed by atoms with Gasteiger partial charge < -0.3 is 10.3 Å². The Morgan fingerprint density at radius 3 is 2.58 bits per heavy atom. The molecule has 0 bridgehead atoms. The second-order valence-electron chi connectivity index (χ2n) is 4.50. The number of hydrogen-bond acceptors (Lipinski definition) is 6. The molecule has 0 aliphatic rings. The largest absolute Gasteiger partial charge is 0.308 e. The van der Waals surface area contributed by atoms with Crippen molar-refractivity contribution in [3.8, 4) is 0 Å². The van der Waals surface area contributed by atoms with E-state index >= 15 is 0 Å². The number of aromatic nitrogens is 1. The molecule has 8 heteroatoms. The summed E-state index contributed by atoms with van der Waals surface area (Å²) in [4.78, 5) is 6.05. The SMILES string of the molecule is CC(C)N(C)CCNS(=O)(=O)c1ccc(NN)nc1. The van der Waals surface area contributed by atoms with Gasteiger partial charge in [0.05, 0.1) is 0 Å². The number of nitrogens with zero attached hydrogens (tertiary/aromatic N) is 2. The summed E-state index contributed by atoms with van der Waals surface area (Å²) in [5, 5.41) is 0. The van der Waals surface area contributed by atoms with Gasteiger partial charge in [-0.1, -0.05) is 0 Å². The first-order chi connectivity index (χ1) is 8.86. The molecule has 0 fully saturated rings. The number of pyridine rings is 1. The smallest absolute Gasteiger partial charge is 0.242 e. The summed E-state index contributed by atoms with van der Waals surface area (Å²) in [6.07, 6.45) is 1.27. The molecule has 0 aromatic carbocycles. The van der Waals surface area contributed by atoms with Gasteiger partial charge in [-0.05, 0) is 33.0 Å². The fourth-order valence-corrected chi connectivity index (χ4v) is 2.29. The molecule has 4 N–H and O–H groups in total. The molecule has 1 aromatic heterocycles. The van der Waals surface area contributed by atoms with E-state index in [0.717, 1.165) is 0 Å². The van der Waals surface area contributed by atoms with Crippen molar-refractivity contribution in [1.29, 1.82) is 0 Å². The molecule has 7 nitrogen and oxygen atoms in total. The second kappa shape index (κ2) is 6.80. The number of rotatable bonds is 7. The average Bonchev–Trinajstić information content (AvgIpc) is 2.38. The fraction of sp³-hybridized carbons (Fsp3) is 0.545. The average molecular weight is 287 g/mol. The summed E-state index contributed by atoms with van der Waals surface area (Å²) in [5.41, 5.74) is 2.34. The van der Waals surface area contributed by atoms with Crippen LogP contribution in [0.3, 0.4) is 0 Å². The van der Waals surface area contributed by atoms with Gasteiger partial charge >= 0.3 is 0 Å². The lowest BCUT2D eigenvalue weighted by Crippen LogP contribution is -2.36. The summed E-state index contributed by atoms with van der Waals surface area (Å²) in [7, 11) is -1.57. The number of likely N-dealkylation sites (N-methyl/N-ethyl adjacent to an activating group) is 1. The van der Waals surface area contributed by atoms with Gasteiger partial charge in [-0.25, -0.2) is 24.0 Å². The van der Waals surface area contributed by atoms with Crippen LogP contribution in [0.25, 0.3) is 0 Å². The van der Waals surface area contributed by atoms with Crippen molar-refractivity contribution in [3.05, 3.63) is 18.3 Å². The summed E-state index contributed by atoms with van der Waals surface area (Å²) < 4.78 is 26.5. The Hall–Kier alpha value is -1.22. The van der Waals surface area contributed by atoms with Gasteiger partial charge in [-0.2, -0.15) is 0 Å². The van der Waals surface area contributed by atoms with Crippen molar-refractivity contribution in [2.24, 2.45) is 5.84 Å². The van der Waals surface area contributed by atoms with Gasteiger partial charge in [0.1, 0.15) is 10.7 Å². The minimum atomic E-state index is -3.51. The fourth-order valence-electron chi connectivity index (χ4n) is 1.32. The molecule has 1 heterocycles. The Bertz CT molecular complexity index is 486. The number of nitrogens with one attached hydrogen (secondary N) is 2. The summed E-state index contributed by atoms with van der Waals surface area (Å²) in [6, 6.07) is 3.34. The van der Waals surface area contributed by atoms with Crippen LogP contribution in [-0.4, -0.2) is 44.5 Å². The van der Waals surface area contributed by atoms with Gasteiger partial charge in [-0.3, -0.25) is 0 Å². The lowest BCUT2D eigenvalue weighted by molar-refractivity contribution is 0.278. The highest BCUT2D eigenvalue weighted by Gasteiger charge is 2.14. The molecule has 1 aromatic rings. The zero-order chi connectivity index (χ0) is 14.5. The zero-order valence-electron chi connectivity index (χ0n) is 11.4. The minimum absolute atomic E-state index is 0.124. The van der Waals surface area contributed by atoms with Crippen molar-refractivity contribution in [2.45, 2.75) is 24.8 Å². The van der Waals surface area contributed by atoms with Gasteiger partial charge in [-0.15, -0.1) is 0 Å². The highest BCUT2D eigenvalue weighted by molar-refractivity contribution is 7.89. The quantitative estimate of drug-likeness (QED) is 0.481. The van der Waals surface area contributed by atoms with E-state index in [1.54, 1.807) is 0 Å². The van der Waals surface area contributed by atoms with E-state index in [0.29, 0.717) is 24.9 Å². The minimum Gasteiger partial charge on any atom is -0.308 e. The molecule has 0 amide bonds. The van der Waals surface area contributed by atoms with E-state index in [1.165, 1.54) is 18.3 Å². The van der Waals surface area contributed by atoms with E-state index < -0.39 is 10.0 Å². The molecule has 108 valence electrons. The predicted molar refractivity (Wildman–Crippen MR) is 75.0 cm³/mol. The number of hydrogen-bond donors (Lipinski definition) is 3. The number of hydrazine groups is 1. The summed E-state index contributed by atoms with van der Waals surface area (Å²) in [5.74, 6) is 5.58. The van der Waals surface area contributed by atoms with Crippen molar-refractivity contribution in [3.63, 3.8) is 0 Å². The lowest BCUT2D eigenvalue weighted by atomic mass is 10.3. The number of nitrogen functional groups attached to an aromatic ring is 1. The molecule has 0 saturated carbocycles. The molecule has 0 atom stereocenters. The van der Waals surface area contributed by atoms with Crippen LogP contribution in [0.15, 0.2) is 23.2 Å². The maximum Gasteiger partial charge on any atom is 0.242 e. The monoisotopic (exact) mass is 287 g/mol. The van der Waals surface area contributed by atoms with Crippen LogP contribution in [0.5, 0.6) is 0 Å². The van der Waals surface area contributed by atoms with Crippen LogP contribution in [0.4, 0.5) is 5.82 Å². The zero-order valence-corrected chi connectivity index (χ0v) is 12.2. The Balaban J connectivity index is 2.60. The van der Waals surface area contributed by atoms with Gasteiger partial charge in [0.2, 0.25) is 10.0 Å². The summed E-state index contributed by atoms with van der Waals surface area (Å²) >= 11 is 0. The van der Waals surface area contributed by atoms with Crippen LogP contribution in [0.1, 0.15) is 13.8 Å². The lowest BCUT2D eigenvalue weighted by Gasteiger charge is -2.20. The predicted octanol–water partition coefficient (Wildman–Crippen LogP) is -0.0143. The van der Waals surface area contributed by atoms with Crippen molar-refractivity contribution in [2.75, 3.05) is 25.6 Å². The van der Waals surface area contributed by atoms with E-state index in [4.69, 9.17) is 5.84 Å². The Morgan fingerprint density at radius 2 is 2.11 bits per heavy atom. The van der Waals surface area contributed by atoms with Crippen molar-refractivity contribution >= 4 is 15.8 Å². The highest BCUT2D eigenvalue weighted by Crippen LogP contribution is 2.09. The molecule has 0 saturated heterocycles. The standard InChI is InChI=1S/C11H21N5O2S/c1-9(2)16(3)7-6-14-19(17,18)10-4-5-11(15-12)13-8-10/h4-5,8-9,14H,6-7,12H2,1-3H3,(H,13,15). The van der Waals surface area contributed by atoms with Crippen LogP contribution in [0.2, 0.25) is 0 Å². The van der Waals surface area contributed by atoms with Crippen LogP contribution >= 0.6 is 0 Å². The Labute approximate surface area is 114 Å². The van der Waals surface area contributed by atoms with Crippen molar-refractivity contribution in [1.82, 2.24) is 14.6 Å². The second-order valence-corrected chi connectivity index (χ2v) is 6.26. The van der Waals surface area contributed by atoms with Gasteiger partial charge in [0.25, 0.3) is 0 Å². The third kappa shape index (κ3) is 4.75. The molecule has 0 spiro atoms. The number of anilines is 1. The number of nitrogens with two attached hydrogens (primary N) is 1. The topological polar surface area (TPSA) is 100 Å². The highest BCUT2D eigenvalue weighted by atomic mass is 32.2. The third-order valence-corrected chi connectivity index (χ3v) is 4.28. The van der Waals surface area contributed by atoms with Crippen molar-refractivity contribution < 1.29 is 8.42 Å². The molecule has 0 unspecified atom stereocenters. The molecule has 0 aliphatic carbocycles. The first-order valence-corrected chi connectivity index (χ1v) is 7.47. The molecular formula is C11H21N5O2S. The normalized spacial score (nSPS) is 12.1. The van der Waals surface area contributed by atoms with Gasteiger partial charge in [0.15, 0.2) is 0 Å². The molecular weight excluding hydrogens is 266 g/mol. The van der Waals surface area contributed by atoms with E-state index in [-0.39, 0.29) is 4.90 Å². The Morgan fingerprint density at radius 1 is 1.42 bits per heavy atom. The van der Waals surface area contributed by atoms with Crippen LogP contribution in [0, 0.1) is 0 Å². The third-order valence-electron chi connectivity index (χ3n) is 2.83. The maximum atomic E-state index is 12.0. The number of sulfonamides is 1. The van der Waals surface area contributed by atoms with E-state index in [2.05, 4.69) is 33.9 Å². The molecule has 0 aliphatic heterocycles. The summed E-state index contributed by atoms with van der Waals surface area (Å²) in [6.45, 7) is 5.11. The van der Waals surface area contributed by atoms with E-state index in [1.807, 2.05) is 7.05 Å². The van der Waals surface area contributed by atoms with E-state index in [9.17, 15) is 8.42 Å². The molecule has 0 radical (unpaired) electrons. The van der Waals surface area contributed by atoms with Gasteiger partial charge in [0, 0.05) is 25.3 Å². The molecule has 19 heavy (non-hydrogen) atoms.